The van der Waals surface area contributed by atoms with E-state index >= 15 is 0 Å². The summed E-state index contributed by atoms with van der Waals surface area (Å²) in [5.41, 5.74) is 0.319. The standard InChI is InChI=1S/C25H14F2N2O5S2/c1-33-15-5-2-4-11-8-16(34-23(11)15)21(30)19-20(17-6-3-7-35-17)29(24(32)22(19)31)25-28-14-9-12(26)13(27)10-18(14)36-25/h2-10,20,31H,1H3. The summed E-state index contributed by atoms with van der Waals surface area (Å²) in [5, 5.41) is 13.4. The lowest BCUT2D eigenvalue weighted by Gasteiger charge is -2.22. The maximum absolute atomic E-state index is 13.8. The number of aliphatic hydroxyl groups excluding tert-OH is 1. The Balaban J connectivity index is 1.49. The second kappa shape index (κ2) is 8.25. The number of anilines is 1. The van der Waals surface area contributed by atoms with E-state index < -0.39 is 35.1 Å². The Hall–Kier alpha value is -4.09. The molecular formula is C25H14F2N2O5S2. The predicted octanol–water partition coefficient (Wildman–Crippen LogP) is 6.17. The van der Waals surface area contributed by atoms with Crippen molar-refractivity contribution < 1.29 is 32.6 Å². The van der Waals surface area contributed by atoms with Crippen molar-refractivity contribution in [2.45, 2.75) is 6.04 Å². The summed E-state index contributed by atoms with van der Waals surface area (Å²) in [6.45, 7) is 0. The summed E-state index contributed by atoms with van der Waals surface area (Å²) in [5.74, 6) is -4.05. The molecule has 0 saturated carbocycles. The van der Waals surface area contributed by atoms with Crippen molar-refractivity contribution >= 4 is 60.7 Å². The number of ether oxygens (including phenoxy) is 1. The normalized spacial score (nSPS) is 16.0. The summed E-state index contributed by atoms with van der Waals surface area (Å²) in [7, 11) is 1.48. The van der Waals surface area contributed by atoms with Gasteiger partial charge < -0.3 is 14.3 Å². The lowest BCUT2D eigenvalue weighted by Crippen LogP contribution is -2.30. The van der Waals surface area contributed by atoms with E-state index in [2.05, 4.69) is 4.98 Å². The molecule has 180 valence electrons. The largest absolute Gasteiger partial charge is 0.503 e. The van der Waals surface area contributed by atoms with Crippen molar-refractivity contribution in [2.75, 3.05) is 12.0 Å². The number of aromatic nitrogens is 1. The van der Waals surface area contributed by atoms with Crippen LogP contribution < -0.4 is 9.64 Å². The summed E-state index contributed by atoms with van der Waals surface area (Å²) < 4.78 is 38.9. The number of hydrogen-bond acceptors (Lipinski definition) is 8. The number of nitrogens with zero attached hydrogens (tertiary/aromatic N) is 2. The third-order valence-electron chi connectivity index (χ3n) is 5.84. The predicted molar refractivity (Wildman–Crippen MR) is 131 cm³/mol. The van der Waals surface area contributed by atoms with Crippen molar-refractivity contribution in [3.63, 3.8) is 0 Å². The van der Waals surface area contributed by atoms with Gasteiger partial charge in [0.2, 0.25) is 5.78 Å². The van der Waals surface area contributed by atoms with E-state index in [0.29, 0.717) is 26.3 Å². The van der Waals surface area contributed by atoms with Crippen LogP contribution in [0.5, 0.6) is 5.75 Å². The Labute approximate surface area is 209 Å². The third-order valence-corrected chi connectivity index (χ3v) is 7.78. The average Bonchev–Trinajstić information content (AvgIpc) is 3.65. The fourth-order valence-electron chi connectivity index (χ4n) is 4.21. The molecule has 0 radical (unpaired) electrons. The van der Waals surface area contributed by atoms with Crippen molar-refractivity contribution in [3.05, 3.63) is 87.5 Å². The van der Waals surface area contributed by atoms with Gasteiger partial charge in [-0.15, -0.1) is 11.3 Å². The summed E-state index contributed by atoms with van der Waals surface area (Å²) in [6.07, 6.45) is 0. The maximum atomic E-state index is 13.8. The second-order valence-corrected chi connectivity index (χ2v) is 9.89. The minimum Gasteiger partial charge on any atom is -0.503 e. The number of carbonyl (C=O) groups is 2. The minimum atomic E-state index is -1.07. The van der Waals surface area contributed by atoms with Crippen LogP contribution in [0.1, 0.15) is 21.5 Å². The molecule has 1 amide bonds. The molecule has 3 aromatic heterocycles. The molecule has 1 aliphatic heterocycles. The molecule has 7 nitrogen and oxygen atoms in total. The van der Waals surface area contributed by atoms with Crippen LogP contribution in [-0.4, -0.2) is 28.9 Å². The highest BCUT2D eigenvalue weighted by molar-refractivity contribution is 7.22. The number of methoxy groups -OCH3 is 1. The number of hydrogen-bond donors (Lipinski definition) is 1. The molecule has 4 heterocycles. The number of aliphatic hydroxyl groups is 1. The highest BCUT2D eigenvalue weighted by Crippen LogP contribution is 2.46. The number of Topliss-reactive ketones (excluding diaryl/α,β-unsaturated/α-hetero) is 1. The van der Waals surface area contributed by atoms with Crippen molar-refractivity contribution in [1.82, 2.24) is 4.98 Å². The van der Waals surface area contributed by atoms with Crippen molar-refractivity contribution in [3.8, 4) is 5.75 Å². The zero-order valence-electron chi connectivity index (χ0n) is 18.3. The minimum absolute atomic E-state index is 0.0824. The number of thiophene rings is 1. The number of furan rings is 1. The van der Waals surface area contributed by atoms with E-state index in [1.807, 2.05) is 0 Å². The molecule has 1 N–H and O–H groups in total. The summed E-state index contributed by atoms with van der Waals surface area (Å²) >= 11 is 2.22. The number of thiazole rings is 1. The second-order valence-electron chi connectivity index (χ2n) is 7.90. The lowest BCUT2D eigenvalue weighted by molar-refractivity contribution is -0.117. The zero-order chi connectivity index (χ0) is 25.1. The molecule has 11 heteroatoms. The number of benzene rings is 2. The first-order chi connectivity index (χ1) is 17.4. The monoisotopic (exact) mass is 524 g/mol. The number of ketones is 1. The first-order valence-corrected chi connectivity index (χ1v) is 12.2. The van der Waals surface area contributed by atoms with E-state index in [1.54, 1.807) is 35.7 Å². The molecule has 0 fully saturated rings. The van der Waals surface area contributed by atoms with Crippen LogP contribution in [0.2, 0.25) is 0 Å². The smallest absolute Gasteiger partial charge is 0.296 e. The topological polar surface area (TPSA) is 92.9 Å². The van der Waals surface area contributed by atoms with Crippen molar-refractivity contribution in [2.24, 2.45) is 0 Å². The van der Waals surface area contributed by atoms with Crippen LogP contribution in [0.15, 0.2) is 69.7 Å². The lowest BCUT2D eigenvalue weighted by atomic mass is 10.0. The molecule has 0 spiro atoms. The Bertz CT molecular complexity index is 1680. The van der Waals surface area contributed by atoms with Gasteiger partial charge in [-0.25, -0.2) is 13.8 Å². The average molecular weight is 525 g/mol. The number of rotatable bonds is 5. The Morgan fingerprint density at radius 1 is 1.17 bits per heavy atom. The van der Waals surface area contributed by atoms with Crippen LogP contribution in [0.25, 0.3) is 21.2 Å². The van der Waals surface area contributed by atoms with Gasteiger partial charge in [0.25, 0.3) is 5.91 Å². The van der Waals surface area contributed by atoms with Gasteiger partial charge >= 0.3 is 0 Å². The van der Waals surface area contributed by atoms with Crippen molar-refractivity contribution in [1.29, 1.82) is 0 Å². The van der Waals surface area contributed by atoms with E-state index in [4.69, 9.17) is 9.15 Å². The molecule has 0 bridgehead atoms. The maximum Gasteiger partial charge on any atom is 0.296 e. The van der Waals surface area contributed by atoms with Crippen LogP contribution in [0.3, 0.4) is 0 Å². The number of para-hydroxylation sites is 1. The molecular weight excluding hydrogens is 510 g/mol. The molecule has 6 rings (SSSR count). The number of halogens is 2. The van der Waals surface area contributed by atoms with Gasteiger partial charge in [0.05, 0.1) is 22.9 Å². The molecule has 1 aliphatic rings. The van der Waals surface area contributed by atoms with Gasteiger partial charge in [0, 0.05) is 16.3 Å². The van der Waals surface area contributed by atoms with Crippen LogP contribution in [0.4, 0.5) is 13.9 Å². The highest BCUT2D eigenvalue weighted by Gasteiger charge is 2.47. The first-order valence-electron chi connectivity index (χ1n) is 10.5. The Morgan fingerprint density at radius 3 is 2.72 bits per heavy atom. The number of fused-ring (bicyclic) bond motifs is 2. The molecule has 5 aromatic rings. The quantitative estimate of drug-likeness (QED) is 0.276. The number of amides is 1. The summed E-state index contributed by atoms with van der Waals surface area (Å²) in [4.78, 5) is 33.0. The molecule has 1 unspecified atom stereocenters. The molecule has 1 atom stereocenters. The van der Waals surface area contributed by atoms with Gasteiger partial charge in [0.1, 0.15) is 6.04 Å². The summed E-state index contributed by atoms with van der Waals surface area (Å²) in [6, 6.07) is 11.1. The SMILES string of the molecule is COc1cccc2cc(C(=O)C3=C(O)C(=O)N(c4nc5cc(F)c(F)cc5s4)C3c3cccs3)oc12. The zero-order valence-corrected chi connectivity index (χ0v) is 20.0. The van der Waals surface area contributed by atoms with E-state index in [1.165, 1.54) is 24.5 Å². The molecule has 36 heavy (non-hydrogen) atoms. The van der Waals surface area contributed by atoms with Crippen LogP contribution in [-0.2, 0) is 4.79 Å². The van der Waals surface area contributed by atoms with Crippen LogP contribution >= 0.6 is 22.7 Å². The Morgan fingerprint density at radius 2 is 1.97 bits per heavy atom. The van der Waals surface area contributed by atoms with E-state index in [9.17, 15) is 23.5 Å². The van der Waals surface area contributed by atoms with Gasteiger partial charge in [0.15, 0.2) is 39.6 Å². The number of carbonyl (C=O) groups excluding carboxylic acids is 2. The highest BCUT2D eigenvalue weighted by atomic mass is 32.1. The molecule has 2 aromatic carbocycles. The first kappa shape index (κ1) is 22.4. The Kier molecular flexibility index (Phi) is 5.13. The third kappa shape index (κ3) is 3.31. The van der Waals surface area contributed by atoms with Gasteiger partial charge in [-0.2, -0.15) is 0 Å². The molecule has 0 saturated heterocycles. The van der Waals surface area contributed by atoms with Gasteiger partial charge in [-0.05, 0) is 29.6 Å². The van der Waals surface area contributed by atoms with Gasteiger partial charge in [-0.3, -0.25) is 14.5 Å². The van der Waals surface area contributed by atoms with E-state index in [-0.39, 0.29) is 22.0 Å². The van der Waals surface area contributed by atoms with Crippen LogP contribution in [0, 0.1) is 11.6 Å². The fourth-order valence-corrected chi connectivity index (χ4v) is 6.03. The van der Waals surface area contributed by atoms with E-state index in [0.717, 1.165) is 28.4 Å². The van der Waals surface area contributed by atoms with Gasteiger partial charge in [-0.1, -0.05) is 29.5 Å². The molecule has 0 aliphatic carbocycles. The fraction of sp³-hybridized carbons (Fsp3) is 0.0800.